The van der Waals surface area contributed by atoms with Crippen molar-refractivity contribution in [1.82, 2.24) is 10.6 Å². The molecule has 1 fully saturated rings. The van der Waals surface area contributed by atoms with Gasteiger partial charge in [-0.15, -0.1) is 0 Å². The summed E-state index contributed by atoms with van der Waals surface area (Å²) in [7, 11) is 1.66. The van der Waals surface area contributed by atoms with E-state index in [2.05, 4.69) is 10.6 Å². The van der Waals surface area contributed by atoms with E-state index in [0.717, 1.165) is 19.4 Å². The van der Waals surface area contributed by atoms with E-state index in [4.69, 9.17) is 9.47 Å². The van der Waals surface area contributed by atoms with Gasteiger partial charge in [-0.2, -0.15) is 0 Å². The molecule has 0 aromatic heterocycles. The van der Waals surface area contributed by atoms with Gasteiger partial charge in [0.2, 0.25) is 5.91 Å². The lowest BCUT2D eigenvalue weighted by Gasteiger charge is -2.23. The molecule has 0 aromatic rings. The van der Waals surface area contributed by atoms with E-state index in [1.807, 2.05) is 0 Å². The van der Waals surface area contributed by atoms with Gasteiger partial charge in [0.05, 0.1) is 13.2 Å². The highest BCUT2D eigenvalue weighted by molar-refractivity contribution is 5.75. The molecule has 112 valence electrons. The summed E-state index contributed by atoms with van der Waals surface area (Å²) in [5, 5.41) is 6.39. The number of hydrogen-bond donors (Lipinski definition) is 2. The zero-order valence-corrected chi connectivity index (χ0v) is 12.1. The Balaban J connectivity index is 1.87. The van der Waals surface area contributed by atoms with Gasteiger partial charge in [-0.05, 0) is 32.2 Å². The number of methoxy groups -OCH3 is 1. The minimum Gasteiger partial charge on any atom is -0.382 e. The Morgan fingerprint density at radius 1 is 1.32 bits per heavy atom. The molecular formula is C14H28N2O3. The molecule has 1 aliphatic heterocycles. The maximum Gasteiger partial charge on any atom is 0.220 e. The number of ether oxygens (including phenoxy) is 2. The molecule has 2 N–H and O–H groups in total. The van der Waals surface area contributed by atoms with Gasteiger partial charge in [0.15, 0.2) is 0 Å². The molecule has 0 aliphatic carbocycles. The Hall–Kier alpha value is -0.650. The lowest BCUT2D eigenvalue weighted by atomic mass is 10.0. The lowest BCUT2D eigenvalue weighted by Crippen LogP contribution is -2.35. The average molecular weight is 272 g/mol. The van der Waals surface area contributed by atoms with Crippen molar-refractivity contribution in [1.29, 1.82) is 0 Å². The predicted octanol–water partition coefficient (Wildman–Crippen LogP) is 1.08. The molecule has 0 saturated carbocycles. The van der Waals surface area contributed by atoms with Crippen molar-refractivity contribution in [2.75, 3.05) is 40.0 Å². The normalized spacial score (nSPS) is 19.3. The molecule has 1 saturated heterocycles. The maximum atomic E-state index is 11.6. The van der Waals surface area contributed by atoms with Crippen molar-refractivity contribution >= 4 is 5.91 Å². The number of hydrogen-bond acceptors (Lipinski definition) is 4. The SMILES string of the molecule is COCCOCCCNC(=O)CCC1CCCCN1. The minimum atomic E-state index is 0.157. The van der Waals surface area contributed by atoms with Crippen molar-refractivity contribution < 1.29 is 14.3 Å². The first-order chi connectivity index (χ1) is 9.33. The Kier molecular flexibility index (Phi) is 9.67. The van der Waals surface area contributed by atoms with Crippen molar-refractivity contribution in [3.8, 4) is 0 Å². The Bertz CT molecular complexity index is 231. The molecule has 1 atom stereocenters. The molecule has 19 heavy (non-hydrogen) atoms. The smallest absolute Gasteiger partial charge is 0.220 e. The summed E-state index contributed by atoms with van der Waals surface area (Å²) in [5.74, 6) is 0.157. The van der Waals surface area contributed by atoms with Gasteiger partial charge in [0.25, 0.3) is 0 Å². The van der Waals surface area contributed by atoms with Gasteiger partial charge in [-0.25, -0.2) is 0 Å². The molecule has 0 bridgehead atoms. The Morgan fingerprint density at radius 2 is 2.21 bits per heavy atom. The minimum absolute atomic E-state index is 0.157. The van der Waals surface area contributed by atoms with Crippen LogP contribution in [0.3, 0.4) is 0 Å². The third kappa shape index (κ3) is 8.97. The number of carbonyl (C=O) groups excluding carboxylic acids is 1. The summed E-state index contributed by atoms with van der Waals surface area (Å²) in [5.41, 5.74) is 0. The summed E-state index contributed by atoms with van der Waals surface area (Å²) in [6.45, 7) is 3.72. The number of amides is 1. The molecule has 1 heterocycles. The lowest BCUT2D eigenvalue weighted by molar-refractivity contribution is -0.121. The number of nitrogens with one attached hydrogen (secondary N) is 2. The van der Waals surface area contributed by atoms with Crippen LogP contribution >= 0.6 is 0 Å². The fraction of sp³-hybridized carbons (Fsp3) is 0.929. The summed E-state index contributed by atoms with van der Waals surface area (Å²) < 4.78 is 10.2. The molecule has 1 unspecified atom stereocenters. The number of carbonyl (C=O) groups is 1. The first-order valence-corrected chi connectivity index (χ1v) is 7.39. The van der Waals surface area contributed by atoms with Gasteiger partial charge in [-0.1, -0.05) is 6.42 Å². The molecule has 1 aliphatic rings. The third-order valence-electron chi connectivity index (χ3n) is 3.35. The Labute approximate surface area is 116 Å². The predicted molar refractivity (Wildman–Crippen MR) is 75.2 cm³/mol. The maximum absolute atomic E-state index is 11.6. The number of rotatable bonds is 10. The summed E-state index contributed by atoms with van der Waals surface area (Å²) in [6.07, 6.45) is 6.21. The van der Waals surface area contributed by atoms with Gasteiger partial charge < -0.3 is 20.1 Å². The summed E-state index contributed by atoms with van der Waals surface area (Å²) in [6, 6.07) is 0.539. The van der Waals surface area contributed by atoms with Crippen LogP contribution in [0.1, 0.15) is 38.5 Å². The second-order valence-electron chi connectivity index (χ2n) is 4.99. The fourth-order valence-electron chi connectivity index (χ4n) is 2.21. The molecule has 0 aromatic carbocycles. The van der Waals surface area contributed by atoms with Gasteiger partial charge in [0.1, 0.15) is 0 Å². The topological polar surface area (TPSA) is 59.6 Å². The van der Waals surface area contributed by atoms with Gasteiger partial charge in [0, 0.05) is 32.7 Å². The first-order valence-electron chi connectivity index (χ1n) is 7.39. The standard InChI is InChI=1S/C14H28N2O3/c1-18-11-12-19-10-4-9-16-14(17)7-6-13-5-2-3-8-15-13/h13,15H,2-12H2,1H3,(H,16,17). The van der Waals surface area contributed by atoms with Crippen LogP contribution in [0.5, 0.6) is 0 Å². The van der Waals surface area contributed by atoms with Crippen molar-refractivity contribution in [3.63, 3.8) is 0 Å². The van der Waals surface area contributed by atoms with E-state index >= 15 is 0 Å². The second kappa shape index (κ2) is 11.2. The molecule has 5 heteroatoms. The van der Waals surface area contributed by atoms with Crippen LogP contribution in [0.15, 0.2) is 0 Å². The highest BCUT2D eigenvalue weighted by atomic mass is 16.5. The molecule has 1 amide bonds. The van der Waals surface area contributed by atoms with Crippen LogP contribution in [0.25, 0.3) is 0 Å². The van der Waals surface area contributed by atoms with Gasteiger partial charge in [-0.3, -0.25) is 4.79 Å². The highest BCUT2D eigenvalue weighted by Crippen LogP contribution is 2.11. The third-order valence-corrected chi connectivity index (χ3v) is 3.35. The Morgan fingerprint density at radius 3 is 2.95 bits per heavy atom. The van der Waals surface area contributed by atoms with E-state index in [-0.39, 0.29) is 5.91 Å². The fourth-order valence-corrected chi connectivity index (χ4v) is 2.21. The first kappa shape index (κ1) is 16.4. The zero-order chi connectivity index (χ0) is 13.8. The van der Waals surface area contributed by atoms with Crippen LogP contribution < -0.4 is 10.6 Å². The van der Waals surface area contributed by atoms with Crippen LogP contribution in [0.4, 0.5) is 0 Å². The van der Waals surface area contributed by atoms with Crippen molar-refractivity contribution in [3.05, 3.63) is 0 Å². The van der Waals surface area contributed by atoms with E-state index in [0.29, 0.717) is 38.8 Å². The van der Waals surface area contributed by atoms with E-state index in [9.17, 15) is 4.79 Å². The second-order valence-corrected chi connectivity index (χ2v) is 4.99. The van der Waals surface area contributed by atoms with E-state index in [1.165, 1.54) is 19.3 Å². The van der Waals surface area contributed by atoms with Crippen LogP contribution in [0.2, 0.25) is 0 Å². The number of piperidine rings is 1. The van der Waals surface area contributed by atoms with Crippen LogP contribution in [-0.4, -0.2) is 52.0 Å². The molecule has 0 spiro atoms. The van der Waals surface area contributed by atoms with Crippen LogP contribution in [0, 0.1) is 0 Å². The van der Waals surface area contributed by atoms with E-state index in [1.54, 1.807) is 7.11 Å². The molecular weight excluding hydrogens is 244 g/mol. The molecule has 0 radical (unpaired) electrons. The van der Waals surface area contributed by atoms with Gasteiger partial charge >= 0.3 is 0 Å². The molecule has 5 nitrogen and oxygen atoms in total. The largest absolute Gasteiger partial charge is 0.382 e. The van der Waals surface area contributed by atoms with Crippen molar-refractivity contribution in [2.45, 2.75) is 44.6 Å². The molecule has 1 rings (SSSR count). The quantitative estimate of drug-likeness (QED) is 0.584. The monoisotopic (exact) mass is 272 g/mol. The zero-order valence-electron chi connectivity index (χ0n) is 12.1. The van der Waals surface area contributed by atoms with Crippen molar-refractivity contribution in [2.24, 2.45) is 0 Å². The summed E-state index contributed by atoms with van der Waals surface area (Å²) >= 11 is 0. The average Bonchev–Trinajstić information content (AvgIpc) is 2.45. The van der Waals surface area contributed by atoms with Crippen LogP contribution in [-0.2, 0) is 14.3 Å². The van der Waals surface area contributed by atoms with E-state index < -0.39 is 0 Å². The highest BCUT2D eigenvalue weighted by Gasteiger charge is 2.13. The summed E-state index contributed by atoms with van der Waals surface area (Å²) in [4.78, 5) is 11.6.